The van der Waals surface area contributed by atoms with Crippen molar-refractivity contribution < 1.29 is 31.9 Å². The summed E-state index contributed by atoms with van der Waals surface area (Å²) >= 11 is 0. The van der Waals surface area contributed by atoms with E-state index in [1.165, 1.54) is 49.5 Å². The van der Waals surface area contributed by atoms with E-state index < -0.39 is 39.9 Å². The Morgan fingerprint density at radius 2 is 1.56 bits per heavy atom. The van der Waals surface area contributed by atoms with E-state index in [9.17, 15) is 22.4 Å². The molecule has 3 aromatic rings. The van der Waals surface area contributed by atoms with Crippen LogP contribution in [0.15, 0.2) is 77.7 Å². The van der Waals surface area contributed by atoms with E-state index in [1.54, 1.807) is 6.92 Å². The predicted octanol–water partition coefficient (Wildman–Crippen LogP) is 4.80. The largest absolute Gasteiger partial charge is 0.493 e. The molecule has 0 bridgehead atoms. The number of hydrogen-bond acceptors (Lipinski definition) is 6. The minimum Gasteiger partial charge on any atom is -0.493 e. The Hall–Kier alpha value is -4.12. The SMILES string of the molecule is CCC(C(=O)NC(C)(C)C)N(CCc1ccccc1)C(=O)CN(c1ccc(F)cc1)S(=O)(=O)c1ccc(OC)c(OC)c1. The van der Waals surface area contributed by atoms with Crippen molar-refractivity contribution in [2.75, 3.05) is 31.6 Å². The highest BCUT2D eigenvalue weighted by molar-refractivity contribution is 7.92. The number of carbonyl (C=O) groups is 2. The molecule has 9 nitrogen and oxygen atoms in total. The fourth-order valence-electron chi connectivity index (χ4n) is 4.59. The summed E-state index contributed by atoms with van der Waals surface area (Å²) in [5.41, 5.74) is 0.495. The molecule has 43 heavy (non-hydrogen) atoms. The minimum absolute atomic E-state index is 0.0831. The lowest BCUT2D eigenvalue weighted by Crippen LogP contribution is -2.56. The second-order valence-electron chi connectivity index (χ2n) is 11.0. The van der Waals surface area contributed by atoms with Gasteiger partial charge >= 0.3 is 0 Å². The van der Waals surface area contributed by atoms with Crippen LogP contribution >= 0.6 is 0 Å². The van der Waals surface area contributed by atoms with Gasteiger partial charge in [0, 0.05) is 18.2 Å². The Morgan fingerprint density at radius 3 is 2.12 bits per heavy atom. The summed E-state index contributed by atoms with van der Waals surface area (Å²) in [6, 6.07) is 17.6. The van der Waals surface area contributed by atoms with Gasteiger partial charge in [-0.05, 0) is 75.6 Å². The van der Waals surface area contributed by atoms with Gasteiger partial charge in [0.1, 0.15) is 18.4 Å². The lowest BCUT2D eigenvalue weighted by Gasteiger charge is -2.34. The van der Waals surface area contributed by atoms with E-state index >= 15 is 0 Å². The van der Waals surface area contributed by atoms with E-state index in [1.807, 2.05) is 51.1 Å². The van der Waals surface area contributed by atoms with Gasteiger partial charge in [-0.25, -0.2) is 12.8 Å². The fourth-order valence-corrected chi connectivity index (χ4v) is 6.02. The van der Waals surface area contributed by atoms with Crippen LogP contribution in [0.25, 0.3) is 0 Å². The number of anilines is 1. The number of carbonyl (C=O) groups excluding carboxylic acids is 2. The number of amides is 2. The van der Waals surface area contributed by atoms with Crippen LogP contribution in [0.2, 0.25) is 0 Å². The Morgan fingerprint density at radius 1 is 0.930 bits per heavy atom. The average Bonchev–Trinajstić information content (AvgIpc) is 2.97. The zero-order chi connectivity index (χ0) is 31.8. The molecule has 3 rings (SSSR count). The molecule has 0 saturated carbocycles. The molecule has 0 heterocycles. The lowest BCUT2D eigenvalue weighted by molar-refractivity contribution is -0.140. The average molecular weight is 614 g/mol. The van der Waals surface area contributed by atoms with Gasteiger partial charge in [-0.2, -0.15) is 0 Å². The number of halogens is 1. The maximum Gasteiger partial charge on any atom is 0.264 e. The molecule has 1 unspecified atom stereocenters. The molecule has 0 spiro atoms. The summed E-state index contributed by atoms with van der Waals surface area (Å²) in [6.45, 7) is 6.88. The van der Waals surface area contributed by atoms with Crippen molar-refractivity contribution in [3.63, 3.8) is 0 Å². The van der Waals surface area contributed by atoms with Crippen molar-refractivity contribution in [2.45, 2.75) is 57.0 Å². The third-order valence-corrected chi connectivity index (χ3v) is 8.47. The Kier molecular flexibility index (Phi) is 11.2. The molecule has 3 aromatic carbocycles. The van der Waals surface area contributed by atoms with E-state index in [2.05, 4.69) is 5.32 Å². The first-order valence-electron chi connectivity index (χ1n) is 14.0. The maximum atomic E-state index is 14.1. The molecule has 1 atom stereocenters. The lowest BCUT2D eigenvalue weighted by atomic mass is 10.1. The van der Waals surface area contributed by atoms with Crippen LogP contribution in [0.4, 0.5) is 10.1 Å². The van der Waals surface area contributed by atoms with Gasteiger partial charge in [0.05, 0.1) is 24.8 Å². The number of methoxy groups -OCH3 is 2. The zero-order valence-corrected chi connectivity index (χ0v) is 26.3. The van der Waals surface area contributed by atoms with E-state index in [-0.39, 0.29) is 28.8 Å². The predicted molar refractivity (Wildman–Crippen MR) is 164 cm³/mol. The van der Waals surface area contributed by atoms with Crippen LogP contribution in [0.1, 0.15) is 39.7 Å². The van der Waals surface area contributed by atoms with Gasteiger partial charge in [-0.15, -0.1) is 0 Å². The molecule has 0 fully saturated rings. The summed E-state index contributed by atoms with van der Waals surface area (Å²) in [5.74, 6) is -0.974. The molecular formula is C32H40FN3O6S. The highest BCUT2D eigenvalue weighted by Gasteiger charge is 2.34. The Bertz CT molecular complexity index is 1490. The third kappa shape index (κ3) is 8.70. The van der Waals surface area contributed by atoms with Crippen molar-refractivity contribution in [3.05, 3.63) is 84.2 Å². The van der Waals surface area contributed by atoms with Crippen molar-refractivity contribution in [1.29, 1.82) is 0 Å². The van der Waals surface area contributed by atoms with Crippen LogP contribution < -0.4 is 19.1 Å². The van der Waals surface area contributed by atoms with Gasteiger partial charge in [0.15, 0.2) is 11.5 Å². The summed E-state index contributed by atoms with van der Waals surface area (Å²) in [7, 11) is -1.56. The Labute approximate surface area is 253 Å². The Balaban J connectivity index is 2.06. The topological polar surface area (TPSA) is 105 Å². The van der Waals surface area contributed by atoms with Crippen molar-refractivity contribution >= 4 is 27.5 Å². The second kappa shape index (κ2) is 14.4. The molecule has 1 N–H and O–H groups in total. The van der Waals surface area contributed by atoms with Crippen LogP contribution in [0.5, 0.6) is 11.5 Å². The normalized spacial score (nSPS) is 12.3. The maximum absolute atomic E-state index is 14.1. The van der Waals surface area contributed by atoms with Crippen LogP contribution in [-0.2, 0) is 26.0 Å². The van der Waals surface area contributed by atoms with Crippen LogP contribution in [0, 0.1) is 5.82 Å². The molecule has 0 saturated heterocycles. The summed E-state index contributed by atoms with van der Waals surface area (Å²) in [5, 5.41) is 2.94. The van der Waals surface area contributed by atoms with Crippen LogP contribution in [-0.4, -0.2) is 64.0 Å². The quantitative estimate of drug-likeness (QED) is 0.297. The number of nitrogens with one attached hydrogen (secondary N) is 1. The highest BCUT2D eigenvalue weighted by atomic mass is 32.2. The molecule has 2 amide bonds. The fraction of sp³-hybridized carbons (Fsp3) is 0.375. The highest BCUT2D eigenvalue weighted by Crippen LogP contribution is 2.32. The number of ether oxygens (including phenoxy) is 2. The summed E-state index contributed by atoms with van der Waals surface area (Å²) in [6.07, 6.45) is 0.756. The van der Waals surface area contributed by atoms with Crippen molar-refractivity contribution in [1.82, 2.24) is 10.2 Å². The van der Waals surface area contributed by atoms with Crippen molar-refractivity contribution in [2.24, 2.45) is 0 Å². The monoisotopic (exact) mass is 613 g/mol. The van der Waals surface area contributed by atoms with Gasteiger partial charge in [-0.1, -0.05) is 37.3 Å². The zero-order valence-electron chi connectivity index (χ0n) is 25.5. The van der Waals surface area contributed by atoms with Gasteiger partial charge in [-0.3, -0.25) is 13.9 Å². The van der Waals surface area contributed by atoms with E-state index in [4.69, 9.17) is 9.47 Å². The summed E-state index contributed by atoms with van der Waals surface area (Å²) < 4.78 is 53.5. The number of sulfonamides is 1. The molecule has 0 radical (unpaired) electrons. The smallest absolute Gasteiger partial charge is 0.264 e. The third-order valence-electron chi connectivity index (χ3n) is 6.70. The van der Waals surface area contributed by atoms with E-state index in [0.29, 0.717) is 18.6 Å². The standard InChI is InChI=1S/C32H40FN3O6S/c1-7-27(31(38)34-32(2,3)4)35(20-19-23-11-9-8-10-12-23)30(37)22-36(25-15-13-24(33)14-16-25)43(39,40)26-17-18-28(41-5)29(21-26)42-6/h8-18,21,27H,7,19-20,22H2,1-6H3,(H,34,38). The van der Waals surface area contributed by atoms with Gasteiger partial charge < -0.3 is 19.7 Å². The minimum atomic E-state index is -4.37. The summed E-state index contributed by atoms with van der Waals surface area (Å²) in [4.78, 5) is 28.8. The van der Waals surface area contributed by atoms with Crippen LogP contribution in [0.3, 0.4) is 0 Å². The molecule has 0 aromatic heterocycles. The number of hydrogen-bond donors (Lipinski definition) is 1. The molecule has 0 aliphatic carbocycles. The van der Waals surface area contributed by atoms with Gasteiger partial charge in [0.25, 0.3) is 10.0 Å². The second-order valence-corrected chi connectivity index (χ2v) is 12.9. The first-order chi connectivity index (χ1) is 20.3. The number of rotatable bonds is 13. The number of benzene rings is 3. The number of nitrogens with zero attached hydrogens (tertiary/aromatic N) is 2. The first kappa shape index (κ1) is 33.4. The molecular weight excluding hydrogens is 573 g/mol. The molecule has 0 aliphatic rings. The van der Waals surface area contributed by atoms with E-state index in [0.717, 1.165) is 22.0 Å². The molecule has 0 aliphatic heterocycles. The molecule has 232 valence electrons. The molecule has 11 heteroatoms. The van der Waals surface area contributed by atoms with Gasteiger partial charge in [0.2, 0.25) is 11.8 Å². The first-order valence-corrected chi connectivity index (χ1v) is 15.4. The van der Waals surface area contributed by atoms with Crippen molar-refractivity contribution in [3.8, 4) is 11.5 Å².